The highest BCUT2D eigenvalue weighted by Crippen LogP contribution is 2.31. The highest BCUT2D eigenvalue weighted by Gasteiger charge is 2.30. The van der Waals surface area contributed by atoms with Crippen molar-refractivity contribution >= 4 is 33.3 Å². The number of rotatable bonds is 3. The molecule has 0 unspecified atom stereocenters. The molecule has 7 heteroatoms. The summed E-state index contributed by atoms with van der Waals surface area (Å²) in [5.41, 5.74) is 1.51. The number of benzene rings is 1. The lowest BCUT2D eigenvalue weighted by molar-refractivity contribution is -0.117. The molecule has 0 saturated heterocycles. The van der Waals surface area contributed by atoms with Crippen LogP contribution in [0.15, 0.2) is 24.3 Å². The van der Waals surface area contributed by atoms with Gasteiger partial charge in [-0.15, -0.1) is 0 Å². The zero-order valence-corrected chi connectivity index (χ0v) is 12.7. The monoisotopic (exact) mass is 316 g/mol. The molecule has 1 N–H and O–H groups in total. The molecule has 4 rings (SSSR count). The summed E-state index contributed by atoms with van der Waals surface area (Å²) in [6, 6.07) is 6.29. The summed E-state index contributed by atoms with van der Waals surface area (Å²) >= 11 is 1.34. The quantitative estimate of drug-likeness (QED) is 0.806. The minimum Gasteiger partial charge on any atom is -0.310 e. The molecule has 3 aromatic rings. The number of aryl methyl sites for hydroxylation is 1. The highest BCUT2D eigenvalue weighted by atomic mass is 32.1. The largest absolute Gasteiger partial charge is 0.310 e. The van der Waals surface area contributed by atoms with E-state index in [4.69, 9.17) is 0 Å². The number of fused-ring (bicyclic) bond motifs is 1. The molecular weight excluding hydrogens is 303 g/mol. The molecule has 0 aliphatic heterocycles. The Kier molecular flexibility index (Phi) is 2.97. The number of carbonyl (C=O) groups is 1. The van der Waals surface area contributed by atoms with Gasteiger partial charge in [0.25, 0.3) is 0 Å². The van der Waals surface area contributed by atoms with E-state index in [0.717, 1.165) is 23.2 Å². The van der Waals surface area contributed by atoms with Crippen LogP contribution >= 0.6 is 11.3 Å². The fourth-order valence-corrected chi connectivity index (χ4v) is 3.24. The average molecular weight is 316 g/mol. The van der Waals surface area contributed by atoms with Gasteiger partial charge in [0, 0.05) is 12.0 Å². The Morgan fingerprint density at radius 1 is 1.41 bits per heavy atom. The summed E-state index contributed by atoms with van der Waals surface area (Å²) in [5, 5.41) is 7.90. The third-order valence-electron chi connectivity index (χ3n) is 3.55. The van der Waals surface area contributed by atoms with E-state index in [9.17, 15) is 9.18 Å². The molecule has 0 bridgehead atoms. The van der Waals surface area contributed by atoms with Gasteiger partial charge in [-0.1, -0.05) is 11.3 Å². The SMILES string of the molecule is Cc1cc(NC(=O)C2CC2)n(-c2nc3ccc(F)cc3s2)n1. The number of amides is 1. The second kappa shape index (κ2) is 4.88. The molecule has 1 aliphatic rings. The van der Waals surface area contributed by atoms with Crippen LogP contribution in [0, 0.1) is 18.7 Å². The second-order valence-corrected chi connectivity index (χ2v) is 6.46. The maximum atomic E-state index is 13.3. The van der Waals surface area contributed by atoms with Crippen molar-refractivity contribution in [3.05, 3.63) is 35.8 Å². The zero-order valence-electron chi connectivity index (χ0n) is 11.8. The van der Waals surface area contributed by atoms with Crippen molar-refractivity contribution in [1.29, 1.82) is 0 Å². The van der Waals surface area contributed by atoms with E-state index < -0.39 is 0 Å². The predicted octanol–water partition coefficient (Wildman–Crippen LogP) is 3.28. The standard InChI is InChI=1S/C15H13FN4OS/c1-8-6-13(18-14(21)9-2-3-9)20(19-8)15-17-11-5-4-10(16)7-12(11)22-15/h4-7,9H,2-3H2,1H3,(H,18,21). The third kappa shape index (κ3) is 2.37. The molecule has 1 saturated carbocycles. The average Bonchev–Trinajstić information content (AvgIpc) is 3.15. The van der Waals surface area contributed by atoms with Crippen LogP contribution in [0.1, 0.15) is 18.5 Å². The Morgan fingerprint density at radius 2 is 2.23 bits per heavy atom. The Balaban J connectivity index is 1.74. The highest BCUT2D eigenvalue weighted by molar-refractivity contribution is 7.20. The first-order chi connectivity index (χ1) is 10.6. The van der Waals surface area contributed by atoms with Crippen molar-refractivity contribution in [2.75, 3.05) is 5.32 Å². The van der Waals surface area contributed by atoms with E-state index in [1.54, 1.807) is 10.7 Å². The number of carbonyl (C=O) groups excluding carboxylic acids is 1. The van der Waals surface area contributed by atoms with Crippen LogP contribution < -0.4 is 5.32 Å². The fraction of sp³-hybridized carbons (Fsp3) is 0.267. The lowest BCUT2D eigenvalue weighted by atomic mass is 10.3. The zero-order chi connectivity index (χ0) is 15.3. The van der Waals surface area contributed by atoms with Crippen LogP contribution in [0.25, 0.3) is 15.3 Å². The fourth-order valence-electron chi connectivity index (χ4n) is 2.29. The van der Waals surface area contributed by atoms with Crippen molar-refractivity contribution in [2.45, 2.75) is 19.8 Å². The number of nitrogens with zero attached hydrogens (tertiary/aromatic N) is 3. The molecule has 5 nitrogen and oxygen atoms in total. The normalized spacial score (nSPS) is 14.5. The van der Waals surface area contributed by atoms with Gasteiger partial charge in [0.15, 0.2) is 0 Å². The topological polar surface area (TPSA) is 59.8 Å². The summed E-state index contributed by atoms with van der Waals surface area (Å²) in [4.78, 5) is 16.4. The number of halogens is 1. The van der Waals surface area contributed by atoms with Crippen molar-refractivity contribution < 1.29 is 9.18 Å². The van der Waals surface area contributed by atoms with E-state index in [1.165, 1.54) is 23.5 Å². The molecule has 0 atom stereocenters. The van der Waals surface area contributed by atoms with Gasteiger partial charge < -0.3 is 5.32 Å². The maximum absolute atomic E-state index is 13.3. The minimum atomic E-state index is -0.290. The van der Waals surface area contributed by atoms with Gasteiger partial charge in [-0.3, -0.25) is 4.79 Å². The Morgan fingerprint density at radius 3 is 3.00 bits per heavy atom. The lowest BCUT2D eigenvalue weighted by Gasteiger charge is -2.05. The Bertz CT molecular complexity index is 881. The molecule has 1 fully saturated rings. The number of nitrogens with one attached hydrogen (secondary N) is 1. The van der Waals surface area contributed by atoms with Gasteiger partial charge in [-0.25, -0.2) is 9.37 Å². The van der Waals surface area contributed by atoms with E-state index in [1.807, 2.05) is 13.0 Å². The first-order valence-electron chi connectivity index (χ1n) is 7.04. The Labute approximate surface area is 129 Å². The molecule has 112 valence electrons. The molecule has 0 spiro atoms. The van der Waals surface area contributed by atoms with Crippen molar-refractivity contribution in [3.8, 4) is 5.13 Å². The summed E-state index contributed by atoms with van der Waals surface area (Å²) in [5.74, 6) is 0.456. The van der Waals surface area contributed by atoms with E-state index >= 15 is 0 Å². The van der Waals surface area contributed by atoms with Gasteiger partial charge in [-0.05, 0) is 38.0 Å². The van der Waals surface area contributed by atoms with Crippen molar-refractivity contribution in [2.24, 2.45) is 5.92 Å². The number of thiazole rings is 1. The molecule has 0 radical (unpaired) electrons. The molecule has 1 aromatic carbocycles. The number of anilines is 1. The van der Waals surface area contributed by atoms with E-state index in [-0.39, 0.29) is 17.6 Å². The van der Waals surface area contributed by atoms with Crippen LogP contribution in [0.5, 0.6) is 0 Å². The van der Waals surface area contributed by atoms with Gasteiger partial charge in [-0.2, -0.15) is 9.78 Å². The Hall–Kier alpha value is -2.28. The number of hydrogen-bond acceptors (Lipinski definition) is 4. The predicted molar refractivity (Wildman–Crippen MR) is 82.8 cm³/mol. The summed E-state index contributed by atoms with van der Waals surface area (Å²) in [6.45, 7) is 1.86. The maximum Gasteiger partial charge on any atom is 0.228 e. The van der Waals surface area contributed by atoms with Crippen LogP contribution in [0.2, 0.25) is 0 Å². The number of aromatic nitrogens is 3. The third-order valence-corrected chi connectivity index (χ3v) is 4.55. The van der Waals surface area contributed by atoms with Gasteiger partial charge in [0.1, 0.15) is 11.6 Å². The van der Waals surface area contributed by atoms with Gasteiger partial charge in [0.05, 0.1) is 15.9 Å². The lowest BCUT2D eigenvalue weighted by Crippen LogP contribution is -2.16. The molecular formula is C15H13FN4OS. The van der Waals surface area contributed by atoms with Crippen LogP contribution in [-0.4, -0.2) is 20.7 Å². The van der Waals surface area contributed by atoms with E-state index in [0.29, 0.717) is 16.5 Å². The summed E-state index contributed by atoms with van der Waals surface area (Å²) in [7, 11) is 0. The van der Waals surface area contributed by atoms with Gasteiger partial charge >= 0.3 is 0 Å². The van der Waals surface area contributed by atoms with E-state index in [2.05, 4.69) is 15.4 Å². The second-order valence-electron chi connectivity index (χ2n) is 5.45. The first-order valence-corrected chi connectivity index (χ1v) is 7.86. The van der Waals surface area contributed by atoms with Crippen molar-refractivity contribution in [1.82, 2.24) is 14.8 Å². The molecule has 22 heavy (non-hydrogen) atoms. The molecule has 2 heterocycles. The van der Waals surface area contributed by atoms with Crippen LogP contribution in [0.3, 0.4) is 0 Å². The number of hydrogen-bond donors (Lipinski definition) is 1. The van der Waals surface area contributed by atoms with Crippen LogP contribution in [-0.2, 0) is 4.79 Å². The summed E-state index contributed by atoms with van der Waals surface area (Å²) in [6.07, 6.45) is 1.89. The smallest absolute Gasteiger partial charge is 0.228 e. The summed E-state index contributed by atoms with van der Waals surface area (Å²) < 4.78 is 15.7. The van der Waals surface area contributed by atoms with Crippen molar-refractivity contribution in [3.63, 3.8) is 0 Å². The molecule has 1 aliphatic carbocycles. The minimum absolute atomic E-state index is 0.0216. The molecule has 1 amide bonds. The van der Waals surface area contributed by atoms with Gasteiger partial charge in [0.2, 0.25) is 11.0 Å². The first kappa shape index (κ1) is 13.4. The molecule has 2 aromatic heterocycles. The van der Waals surface area contributed by atoms with Crippen LogP contribution in [0.4, 0.5) is 10.2 Å².